The first kappa shape index (κ1) is 16.7. The highest BCUT2D eigenvalue weighted by Gasteiger charge is 2.05. The quantitative estimate of drug-likeness (QED) is 0.358. The van der Waals surface area contributed by atoms with Gasteiger partial charge in [-0.15, -0.1) is 0 Å². The topological polar surface area (TPSA) is 26.3 Å². The maximum atomic E-state index is 11.3. The molecule has 0 amide bonds. The standard InChI is InChI=1S/C16H26O2/c1-6-18-16(17)15(5)12-8-11-14(4)10-7-9-13(2)3/h9,11H,5-8,10,12H2,1-4H3/b14-11+. The van der Waals surface area contributed by atoms with Crippen LogP contribution >= 0.6 is 0 Å². The van der Waals surface area contributed by atoms with Gasteiger partial charge >= 0.3 is 5.97 Å². The molecule has 18 heavy (non-hydrogen) atoms. The molecule has 0 aromatic rings. The van der Waals surface area contributed by atoms with Crippen LogP contribution in [0.2, 0.25) is 0 Å². The largest absolute Gasteiger partial charge is 0.463 e. The molecule has 0 bridgehead atoms. The van der Waals surface area contributed by atoms with Crippen molar-refractivity contribution in [3.63, 3.8) is 0 Å². The highest BCUT2D eigenvalue weighted by atomic mass is 16.5. The van der Waals surface area contributed by atoms with Crippen molar-refractivity contribution in [1.29, 1.82) is 0 Å². The van der Waals surface area contributed by atoms with Gasteiger partial charge in [0.05, 0.1) is 6.61 Å². The average molecular weight is 250 g/mol. The molecular formula is C16H26O2. The van der Waals surface area contributed by atoms with E-state index < -0.39 is 0 Å². The van der Waals surface area contributed by atoms with Crippen molar-refractivity contribution in [1.82, 2.24) is 0 Å². The minimum atomic E-state index is -0.270. The monoisotopic (exact) mass is 250 g/mol. The minimum Gasteiger partial charge on any atom is -0.463 e. The zero-order valence-electron chi connectivity index (χ0n) is 12.2. The van der Waals surface area contributed by atoms with Crippen molar-refractivity contribution in [2.24, 2.45) is 0 Å². The van der Waals surface area contributed by atoms with Crippen LogP contribution in [0.1, 0.15) is 53.4 Å². The summed E-state index contributed by atoms with van der Waals surface area (Å²) in [5, 5.41) is 0. The second-order valence-electron chi connectivity index (χ2n) is 4.73. The molecule has 0 fully saturated rings. The molecule has 0 aliphatic heterocycles. The average Bonchev–Trinajstić information content (AvgIpc) is 2.28. The number of carbonyl (C=O) groups is 1. The molecule has 0 radical (unpaired) electrons. The normalized spacial score (nSPS) is 11.0. The molecule has 102 valence electrons. The van der Waals surface area contributed by atoms with Crippen molar-refractivity contribution in [2.75, 3.05) is 6.61 Å². The van der Waals surface area contributed by atoms with Crippen LogP contribution in [0.5, 0.6) is 0 Å². The highest BCUT2D eigenvalue weighted by Crippen LogP contribution is 2.11. The maximum Gasteiger partial charge on any atom is 0.333 e. The summed E-state index contributed by atoms with van der Waals surface area (Å²) in [5.74, 6) is -0.270. The van der Waals surface area contributed by atoms with Crippen molar-refractivity contribution in [3.05, 3.63) is 35.5 Å². The first-order valence-electron chi connectivity index (χ1n) is 6.61. The Hall–Kier alpha value is -1.31. The highest BCUT2D eigenvalue weighted by molar-refractivity contribution is 5.87. The number of hydrogen-bond acceptors (Lipinski definition) is 2. The summed E-state index contributed by atoms with van der Waals surface area (Å²) in [4.78, 5) is 11.3. The van der Waals surface area contributed by atoms with Crippen molar-refractivity contribution in [3.8, 4) is 0 Å². The Labute approximate surface area is 111 Å². The first-order chi connectivity index (χ1) is 8.47. The summed E-state index contributed by atoms with van der Waals surface area (Å²) in [6.07, 6.45) is 8.13. The Morgan fingerprint density at radius 1 is 1.11 bits per heavy atom. The van der Waals surface area contributed by atoms with E-state index in [1.54, 1.807) is 6.92 Å². The minimum absolute atomic E-state index is 0.270. The van der Waals surface area contributed by atoms with Crippen LogP contribution in [0.25, 0.3) is 0 Å². The number of carbonyl (C=O) groups excluding carboxylic acids is 1. The van der Waals surface area contributed by atoms with Crippen LogP contribution in [0.4, 0.5) is 0 Å². The van der Waals surface area contributed by atoms with E-state index in [0.29, 0.717) is 18.6 Å². The van der Waals surface area contributed by atoms with E-state index >= 15 is 0 Å². The fourth-order valence-electron chi connectivity index (χ4n) is 1.52. The Balaban J connectivity index is 3.90. The number of esters is 1. The van der Waals surface area contributed by atoms with Gasteiger partial charge in [0.25, 0.3) is 0 Å². The molecule has 0 heterocycles. The van der Waals surface area contributed by atoms with Crippen LogP contribution in [-0.4, -0.2) is 12.6 Å². The predicted molar refractivity (Wildman–Crippen MR) is 77.4 cm³/mol. The Morgan fingerprint density at radius 3 is 2.28 bits per heavy atom. The van der Waals surface area contributed by atoms with Crippen LogP contribution in [0, 0.1) is 0 Å². The van der Waals surface area contributed by atoms with Gasteiger partial charge in [-0.2, -0.15) is 0 Å². The molecular weight excluding hydrogens is 224 g/mol. The fourth-order valence-corrected chi connectivity index (χ4v) is 1.52. The number of hydrogen-bond donors (Lipinski definition) is 0. The number of ether oxygens (including phenoxy) is 1. The number of rotatable bonds is 8. The SMILES string of the molecule is C=C(CC/C=C(\C)CCC=C(C)C)C(=O)OCC. The zero-order valence-corrected chi connectivity index (χ0v) is 12.2. The summed E-state index contributed by atoms with van der Waals surface area (Å²) in [5.41, 5.74) is 3.29. The second kappa shape index (κ2) is 9.69. The van der Waals surface area contributed by atoms with Gasteiger partial charge in [0.2, 0.25) is 0 Å². The van der Waals surface area contributed by atoms with Crippen LogP contribution < -0.4 is 0 Å². The third-order valence-corrected chi connectivity index (χ3v) is 2.59. The third kappa shape index (κ3) is 8.80. The summed E-state index contributed by atoms with van der Waals surface area (Å²) >= 11 is 0. The van der Waals surface area contributed by atoms with E-state index in [1.807, 2.05) is 0 Å². The lowest BCUT2D eigenvalue weighted by molar-refractivity contribution is -0.138. The van der Waals surface area contributed by atoms with E-state index in [0.717, 1.165) is 19.3 Å². The molecule has 2 heteroatoms. The van der Waals surface area contributed by atoms with E-state index in [9.17, 15) is 4.79 Å². The molecule has 0 aliphatic rings. The molecule has 0 aromatic carbocycles. The molecule has 0 rings (SSSR count). The zero-order chi connectivity index (χ0) is 14.0. The van der Waals surface area contributed by atoms with E-state index in [4.69, 9.17) is 4.74 Å². The lowest BCUT2D eigenvalue weighted by Gasteiger charge is -2.04. The fraction of sp³-hybridized carbons (Fsp3) is 0.562. The first-order valence-corrected chi connectivity index (χ1v) is 6.61. The van der Waals surface area contributed by atoms with Gasteiger partial charge < -0.3 is 4.74 Å². The lowest BCUT2D eigenvalue weighted by atomic mass is 10.1. The second-order valence-corrected chi connectivity index (χ2v) is 4.73. The molecule has 0 saturated carbocycles. The molecule has 0 N–H and O–H groups in total. The predicted octanol–water partition coefficient (Wildman–Crippen LogP) is 4.58. The van der Waals surface area contributed by atoms with Crippen LogP contribution in [0.15, 0.2) is 35.5 Å². The molecule has 2 nitrogen and oxygen atoms in total. The Morgan fingerprint density at radius 2 is 1.72 bits per heavy atom. The van der Waals surface area contributed by atoms with Gasteiger partial charge in [-0.05, 0) is 53.4 Å². The number of allylic oxidation sites excluding steroid dienone is 4. The van der Waals surface area contributed by atoms with Gasteiger partial charge in [-0.1, -0.05) is 29.9 Å². The molecule has 0 saturated heterocycles. The molecule has 0 aliphatic carbocycles. The molecule has 0 spiro atoms. The Bertz CT molecular complexity index is 331. The smallest absolute Gasteiger partial charge is 0.333 e. The lowest BCUT2D eigenvalue weighted by Crippen LogP contribution is -2.06. The van der Waals surface area contributed by atoms with Crippen molar-refractivity contribution in [2.45, 2.75) is 53.4 Å². The van der Waals surface area contributed by atoms with Gasteiger partial charge in [-0.3, -0.25) is 0 Å². The van der Waals surface area contributed by atoms with Gasteiger partial charge in [0.1, 0.15) is 0 Å². The maximum absolute atomic E-state index is 11.3. The summed E-state index contributed by atoms with van der Waals surface area (Å²) < 4.78 is 4.89. The van der Waals surface area contributed by atoms with Gasteiger partial charge in [0.15, 0.2) is 0 Å². The summed E-state index contributed by atoms with van der Waals surface area (Å²) in [6, 6.07) is 0. The molecule has 0 atom stereocenters. The summed E-state index contributed by atoms with van der Waals surface area (Å²) in [7, 11) is 0. The van der Waals surface area contributed by atoms with Gasteiger partial charge in [0, 0.05) is 5.57 Å². The molecule has 0 unspecified atom stereocenters. The van der Waals surface area contributed by atoms with Crippen molar-refractivity contribution < 1.29 is 9.53 Å². The van der Waals surface area contributed by atoms with E-state index in [2.05, 4.69) is 39.5 Å². The van der Waals surface area contributed by atoms with Crippen molar-refractivity contribution >= 4 is 5.97 Å². The van der Waals surface area contributed by atoms with Crippen LogP contribution in [0.3, 0.4) is 0 Å². The van der Waals surface area contributed by atoms with Crippen LogP contribution in [-0.2, 0) is 9.53 Å². The van der Waals surface area contributed by atoms with Gasteiger partial charge in [-0.25, -0.2) is 4.79 Å². The summed E-state index contributed by atoms with van der Waals surface area (Å²) in [6.45, 7) is 12.3. The third-order valence-electron chi connectivity index (χ3n) is 2.59. The van der Waals surface area contributed by atoms with E-state index in [-0.39, 0.29) is 5.97 Å². The van der Waals surface area contributed by atoms with E-state index in [1.165, 1.54) is 11.1 Å². The molecule has 0 aromatic heterocycles. The Kier molecular flexibility index (Phi) is 8.99.